The Bertz CT molecular complexity index is 847. The maximum atomic E-state index is 13.2. The van der Waals surface area contributed by atoms with E-state index in [0.717, 1.165) is 18.4 Å². The molecule has 0 radical (unpaired) electrons. The first-order valence-corrected chi connectivity index (χ1v) is 11.5. The van der Waals surface area contributed by atoms with Crippen LogP contribution in [0.25, 0.3) is 0 Å². The number of amides is 1. The van der Waals surface area contributed by atoms with E-state index in [9.17, 15) is 17.6 Å². The van der Waals surface area contributed by atoms with Crippen molar-refractivity contribution in [2.75, 3.05) is 26.3 Å². The molecule has 0 aliphatic carbocycles. The van der Waals surface area contributed by atoms with E-state index in [2.05, 4.69) is 10.0 Å². The van der Waals surface area contributed by atoms with E-state index < -0.39 is 16.1 Å². The minimum atomic E-state index is -3.81. The molecule has 0 saturated carbocycles. The van der Waals surface area contributed by atoms with Gasteiger partial charge in [0, 0.05) is 13.1 Å². The monoisotopic (exact) mass is 421 g/mol. The normalized spacial score (nSPS) is 18.8. The molecule has 0 spiro atoms. The molecule has 158 valence electrons. The number of hydrogen-bond donors (Lipinski definition) is 2. The van der Waals surface area contributed by atoms with E-state index in [4.69, 9.17) is 0 Å². The Kier molecular flexibility index (Phi) is 7.44. The lowest BCUT2D eigenvalue weighted by molar-refractivity contribution is -0.134. The molecule has 1 fully saturated rings. The van der Waals surface area contributed by atoms with Crippen LogP contribution in [0.15, 0.2) is 53.6 Å². The number of halogens is 1. The Hall–Kier alpha value is -2.19. The fourth-order valence-corrected chi connectivity index (χ4v) is 4.98. The highest BCUT2D eigenvalue weighted by Crippen LogP contribution is 2.22. The van der Waals surface area contributed by atoms with Crippen molar-refractivity contribution >= 4 is 15.9 Å². The lowest BCUT2D eigenvalue weighted by Gasteiger charge is -2.34. The molecule has 1 atom stereocenters. The van der Waals surface area contributed by atoms with Gasteiger partial charge in [-0.3, -0.25) is 9.18 Å². The third-order valence-corrected chi connectivity index (χ3v) is 7.00. The zero-order chi connectivity index (χ0) is 20.7. The van der Waals surface area contributed by atoms with Crippen molar-refractivity contribution in [3.63, 3.8) is 0 Å². The van der Waals surface area contributed by atoms with Crippen LogP contribution in [0.4, 0.5) is 4.39 Å². The van der Waals surface area contributed by atoms with Crippen molar-refractivity contribution in [3.05, 3.63) is 59.2 Å². The molecule has 0 aromatic heterocycles. The van der Waals surface area contributed by atoms with Crippen LogP contribution in [-0.4, -0.2) is 51.6 Å². The lowest BCUT2D eigenvalue weighted by Crippen LogP contribution is -2.52. The second-order valence-electron chi connectivity index (χ2n) is 7.48. The van der Waals surface area contributed by atoms with E-state index in [-0.39, 0.29) is 30.5 Å². The Morgan fingerprint density at radius 3 is 2.59 bits per heavy atom. The Morgan fingerprint density at radius 2 is 1.97 bits per heavy atom. The number of likely N-dealkylation sites (tertiary alicyclic amines) is 1. The molecule has 1 aromatic carbocycles. The predicted octanol–water partition coefficient (Wildman–Crippen LogP) is 2.12. The van der Waals surface area contributed by atoms with Crippen LogP contribution < -0.4 is 10.0 Å². The van der Waals surface area contributed by atoms with Crippen molar-refractivity contribution < 1.29 is 17.6 Å². The largest absolute Gasteiger partial charge is 0.386 e. The molecule has 0 unspecified atom stereocenters. The lowest BCUT2D eigenvalue weighted by atomic mass is 9.93. The summed E-state index contributed by atoms with van der Waals surface area (Å²) in [5, 5.41) is 2.88. The van der Waals surface area contributed by atoms with Gasteiger partial charge in [-0.25, -0.2) is 8.42 Å². The summed E-state index contributed by atoms with van der Waals surface area (Å²) in [6.45, 7) is 0.909. The molecule has 1 aromatic rings. The van der Waals surface area contributed by atoms with Gasteiger partial charge in [0.05, 0.1) is 18.1 Å². The van der Waals surface area contributed by atoms with E-state index in [1.54, 1.807) is 17.2 Å². The van der Waals surface area contributed by atoms with E-state index in [1.165, 1.54) is 6.08 Å². The van der Waals surface area contributed by atoms with Crippen molar-refractivity contribution in [3.8, 4) is 0 Å². The molecule has 2 aliphatic heterocycles. The number of dihydropyridines is 1. The Morgan fingerprint density at radius 1 is 1.24 bits per heavy atom. The average Bonchev–Trinajstić information content (AvgIpc) is 2.75. The van der Waals surface area contributed by atoms with Gasteiger partial charge in [-0.1, -0.05) is 30.3 Å². The minimum absolute atomic E-state index is 0.187. The first-order valence-electron chi connectivity index (χ1n) is 9.99. The topological polar surface area (TPSA) is 78.5 Å². The highest BCUT2D eigenvalue weighted by Gasteiger charge is 2.32. The Labute approximate surface area is 171 Å². The van der Waals surface area contributed by atoms with Gasteiger partial charge < -0.3 is 10.2 Å². The number of carbonyl (C=O) groups excluding carboxylic acids is 1. The molecule has 6 nitrogen and oxygen atoms in total. The SMILES string of the molecule is O=C([C@H](Cc1ccccc1)NS(=O)(=O)C1=CC=CNC1)N1CCC(CCF)CC1. The van der Waals surface area contributed by atoms with E-state index in [0.29, 0.717) is 25.4 Å². The van der Waals surface area contributed by atoms with Gasteiger partial charge in [0.2, 0.25) is 15.9 Å². The third-order valence-electron chi connectivity index (χ3n) is 5.44. The molecule has 2 aliphatic rings. The number of carbonyl (C=O) groups is 1. The molecule has 2 heterocycles. The molecule has 1 saturated heterocycles. The summed E-state index contributed by atoms with van der Waals surface area (Å²) in [4.78, 5) is 15.1. The van der Waals surface area contributed by atoms with Crippen LogP contribution in [0, 0.1) is 5.92 Å². The van der Waals surface area contributed by atoms with Gasteiger partial charge >= 0.3 is 0 Å². The zero-order valence-electron chi connectivity index (χ0n) is 16.4. The molecular weight excluding hydrogens is 393 g/mol. The smallest absolute Gasteiger partial charge is 0.241 e. The van der Waals surface area contributed by atoms with Crippen LogP contribution in [0.3, 0.4) is 0 Å². The average molecular weight is 422 g/mol. The molecular formula is C21H28FN3O3S. The number of alkyl halides is 1. The summed E-state index contributed by atoms with van der Waals surface area (Å²) in [5.41, 5.74) is 0.886. The number of benzene rings is 1. The number of nitrogens with zero attached hydrogens (tertiary/aromatic N) is 1. The number of nitrogens with one attached hydrogen (secondary N) is 2. The summed E-state index contributed by atoms with van der Waals surface area (Å²) in [6, 6.07) is 8.49. The minimum Gasteiger partial charge on any atom is -0.386 e. The second kappa shape index (κ2) is 10.0. The molecule has 2 N–H and O–H groups in total. The van der Waals surface area contributed by atoms with E-state index in [1.807, 2.05) is 30.3 Å². The predicted molar refractivity (Wildman–Crippen MR) is 111 cm³/mol. The third kappa shape index (κ3) is 5.90. The molecule has 0 bridgehead atoms. The standard InChI is InChI=1S/C21H28FN3O3S/c22-11-8-17-9-13-25(14-10-17)21(26)20(15-18-5-2-1-3-6-18)24-29(27,28)19-7-4-12-23-16-19/h1-7,12,17,20,23-24H,8-11,13-16H2/t20-/m0/s1. The first-order chi connectivity index (χ1) is 14.0. The molecule has 29 heavy (non-hydrogen) atoms. The number of sulfonamides is 1. The highest BCUT2D eigenvalue weighted by atomic mass is 32.2. The number of hydrogen-bond acceptors (Lipinski definition) is 4. The van der Waals surface area contributed by atoms with E-state index >= 15 is 0 Å². The maximum absolute atomic E-state index is 13.2. The van der Waals surface area contributed by atoms with Crippen LogP contribution in [0.2, 0.25) is 0 Å². The summed E-state index contributed by atoms with van der Waals surface area (Å²) in [7, 11) is -3.81. The van der Waals surface area contributed by atoms with Crippen LogP contribution in [0.5, 0.6) is 0 Å². The first kappa shape index (κ1) is 21.5. The van der Waals surface area contributed by atoms with Gasteiger partial charge in [0.15, 0.2) is 0 Å². The quantitative estimate of drug-likeness (QED) is 0.674. The van der Waals surface area contributed by atoms with Crippen molar-refractivity contribution in [1.29, 1.82) is 0 Å². The van der Waals surface area contributed by atoms with Crippen molar-refractivity contribution in [2.45, 2.75) is 31.7 Å². The van der Waals surface area contributed by atoms with Crippen LogP contribution in [-0.2, 0) is 21.2 Å². The molecule has 1 amide bonds. The molecule has 3 rings (SSSR count). The van der Waals surface area contributed by atoms with Crippen LogP contribution >= 0.6 is 0 Å². The highest BCUT2D eigenvalue weighted by molar-refractivity contribution is 7.93. The second-order valence-corrected chi connectivity index (χ2v) is 9.25. The van der Waals surface area contributed by atoms with Gasteiger partial charge in [0.25, 0.3) is 0 Å². The van der Waals surface area contributed by atoms with Gasteiger partial charge in [-0.15, -0.1) is 0 Å². The summed E-state index contributed by atoms with van der Waals surface area (Å²) in [6.07, 6.45) is 7.14. The summed E-state index contributed by atoms with van der Waals surface area (Å²) < 4.78 is 40.9. The maximum Gasteiger partial charge on any atom is 0.241 e. The summed E-state index contributed by atoms with van der Waals surface area (Å²) >= 11 is 0. The van der Waals surface area contributed by atoms with Gasteiger partial charge in [-0.05, 0) is 55.5 Å². The number of piperidine rings is 1. The Balaban J connectivity index is 1.75. The number of allylic oxidation sites excluding steroid dienone is 2. The van der Waals surface area contributed by atoms with Gasteiger partial charge in [-0.2, -0.15) is 4.72 Å². The zero-order valence-corrected chi connectivity index (χ0v) is 17.2. The fraction of sp³-hybridized carbons (Fsp3) is 0.476. The van der Waals surface area contributed by atoms with Crippen LogP contribution in [0.1, 0.15) is 24.8 Å². The number of rotatable bonds is 8. The van der Waals surface area contributed by atoms with Gasteiger partial charge in [0.1, 0.15) is 6.04 Å². The van der Waals surface area contributed by atoms with Crippen molar-refractivity contribution in [1.82, 2.24) is 14.9 Å². The summed E-state index contributed by atoms with van der Waals surface area (Å²) in [5.74, 6) is 0.0645. The fourth-order valence-electron chi connectivity index (χ4n) is 3.74. The van der Waals surface area contributed by atoms with Crippen molar-refractivity contribution in [2.24, 2.45) is 5.92 Å². The molecule has 8 heteroatoms.